The summed E-state index contributed by atoms with van der Waals surface area (Å²) in [6, 6.07) is 13.8. The molecule has 2 rings (SSSR count). The van der Waals surface area contributed by atoms with Crippen LogP contribution in [0.4, 0.5) is 11.4 Å². The van der Waals surface area contributed by atoms with Gasteiger partial charge in [0.2, 0.25) is 5.91 Å². The molecular formula is C19H23ClN2O. The molecule has 0 aliphatic rings. The average molecular weight is 331 g/mol. The first kappa shape index (κ1) is 17.4. The molecule has 0 aromatic heterocycles. The monoisotopic (exact) mass is 330 g/mol. The van der Waals surface area contributed by atoms with Crippen LogP contribution in [0, 0.1) is 6.92 Å². The summed E-state index contributed by atoms with van der Waals surface area (Å²) in [6.45, 7) is 6.83. The van der Waals surface area contributed by atoms with Crippen LogP contribution in [0.1, 0.15) is 37.3 Å². The van der Waals surface area contributed by atoms with Gasteiger partial charge in [-0.05, 0) is 48.2 Å². The Balaban J connectivity index is 1.79. The lowest BCUT2D eigenvalue weighted by Gasteiger charge is -2.10. The molecule has 0 unspecified atom stereocenters. The van der Waals surface area contributed by atoms with Gasteiger partial charge in [-0.2, -0.15) is 0 Å². The minimum Gasteiger partial charge on any atom is -0.384 e. The SMILES string of the molecule is Cc1ccc(NCCC(=O)Nc2ccc(C(C)C)cc2)cc1Cl. The van der Waals surface area contributed by atoms with Crippen molar-refractivity contribution in [2.75, 3.05) is 17.2 Å². The van der Waals surface area contributed by atoms with Gasteiger partial charge in [0, 0.05) is 29.4 Å². The zero-order valence-corrected chi connectivity index (χ0v) is 14.6. The highest BCUT2D eigenvalue weighted by molar-refractivity contribution is 6.31. The Morgan fingerprint density at radius 3 is 2.35 bits per heavy atom. The lowest BCUT2D eigenvalue weighted by molar-refractivity contribution is -0.115. The summed E-state index contributed by atoms with van der Waals surface area (Å²) in [5, 5.41) is 6.84. The van der Waals surface area contributed by atoms with E-state index >= 15 is 0 Å². The Hall–Kier alpha value is -2.00. The zero-order valence-electron chi connectivity index (χ0n) is 13.8. The summed E-state index contributed by atoms with van der Waals surface area (Å²) in [4.78, 5) is 12.0. The normalized spacial score (nSPS) is 10.7. The fourth-order valence-electron chi connectivity index (χ4n) is 2.20. The molecule has 0 saturated heterocycles. The Kier molecular flexibility index (Phi) is 6.05. The van der Waals surface area contributed by atoms with E-state index in [4.69, 9.17) is 11.6 Å². The Morgan fingerprint density at radius 2 is 1.74 bits per heavy atom. The van der Waals surface area contributed by atoms with Crippen molar-refractivity contribution in [3.05, 3.63) is 58.6 Å². The van der Waals surface area contributed by atoms with Crippen LogP contribution in [0.25, 0.3) is 0 Å². The van der Waals surface area contributed by atoms with Gasteiger partial charge in [-0.3, -0.25) is 4.79 Å². The zero-order chi connectivity index (χ0) is 16.8. The molecular weight excluding hydrogens is 308 g/mol. The van der Waals surface area contributed by atoms with Gasteiger partial charge < -0.3 is 10.6 Å². The number of carbonyl (C=O) groups is 1. The highest BCUT2D eigenvalue weighted by Gasteiger charge is 2.04. The van der Waals surface area contributed by atoms with Gasteiger partial charge in [0.1, 0.15) is 0 Å². The molecule has 0 aliphatic heterocycles. The largest absolute Gasteiger partial charge is 0.384 e. The van der Waals surface area contributed by atoms with E-state index in [0.29, 0.717) is 18.9 Å². The summed E-state index contributed by atoms with van der Waals surface area (Å²) in [5.41, 5.74) is 4.06. The molecule has 2 N–H and O–H groups in total. The lowest BCUT2D eigenvalue weighted by atomic mass is 10.0. The maximum atomic E-state index is 12.0. The van der Waals surface area contributed by atoms with E-state index in [-0.39, 0.29) is 5.91 Å². The molecule has 0 fully saturated rings. The molecule has 0 atom stereocenters. The number of carbonyl (C=O) groups excluding carboxylic acids is 1. The summed E-state index contributed by atoms with van der Waals surface area (Å²) in [5.74, 6) is 0.485. The van der Waals surface area contributed by atoms with Crippen molar-refractivity contribution in [3.63, 3.8) is 0 Å². The molecule has 3 nitrogen and oxygen atoms in total. The maximum absolute atomic E-state index is 12.0. The van der Waals surface area contributed by atoms with Crippen LogP contribution in [0.5, 0.6) is 0 Å². The molecule has 4 heteroatoms. The van der Waals surface area contributed by atoms with Crippen LogP contribution in [0.2, 0.25) is 5.02 Å². The van der Waals surface area contributed by atoms with Crippen LogP contribution in [0.15, 0.2) is 42.5 Å². The van der Waals surface area contributed by atoms with Crippen molar-refractivity contribution < 1.29 is 4.79 Å². The molecule has 0 radical (unpaired) electrons. The third-order valence-corrected chi connectivity index (χ3v) is 4.12. The van der Waals surface area contributed by atoms with E-state index in [2.05, 4.69) is 24.5 Å². The number of benzene rings is 2. The maximum Gasteiger partial charge on any atom is 0.226 e. The molecule has 0 spiro atoms. The first-order valence-corrected chi connectivity index (χ1v) is 8.23. The lowest BCUT2D eigenvalue weighted by Crippen LogP contribution is -2.16. The first-order valence-electron chi connectivity index (χ1n) is 7.85. The quantitative estimate of drug-likeness (QED) is 0.763. The summed E-state index contributed by atoms with van der Waals surface area (Å²) in [7, 11) is 0. The van der Waals surface area contributed by atoms with Gasteiger partial charge in [0.05, 0.1) is 0 Å². The molecule has 1 amide bonds. The number of anilines is 2. The molecule has 0 heterocycles. The van der Waals surface area contributed by atoms with Crippen molar-refractivity contribution in [1.29, 1.82) is 0 Å². The van der Waals surface area contributed by atoms with Crippen molar-refractivity contribution in [1.82, 2.24) is 0 Å². The number of amides is 1. The predicted octanol–water partition coefficient (Wildman–Crippen LogP) is 5.21. The number of halogens is 1. The second kappa shape index (κ2) is 8.02. The van der Waals surface area contributed by atoms with Crippen molar-refractivity contribution in [2.24, 2.45) is 0 Å². The summed E-state index contributed by atoms with van der Waals surface area (Å²) in [6.07, 6.45) is 0.400. The van der Waals surface area contributed by atoms with Crippen LogP contribution in [0.3, 0.4) is 0 Å². The van der Waals surface area contributed by atoms with E-state index in [9.17, 15) is 4.79 Å². The Bertz CT molecular complexity index is 666. The third-order valence-electron chi connectivity index (χ3n) is 3.71. The summed E-state index contributed by atoms with van der Waals surface area (Å²) >= 11 is 6.08. The van der Waals surface area contributed by atoms with Crippen molar-refractivity contribution in [2.45, 2.75) is 33.1 Å². The highest BCUT2D eigenvalue weighted by atomic mass is 35.5. The van der Waals surface area contributed by atoms with Crippen molar-refractivity contribution in [3.8, 4) is 0 Å². The number of hydrogen-bond acceptors (Lipinski definition) is 2. The second-order valence-corrected chi connectivity index (χ2v) is 6.37. The Morgan fingerprint density at radius 1 is 1.09 bits per heavy atom. The highest BCUT2D eigenvalue weighted by Crippen LogP contribution is 2.20. The van der Waals surface area contributed by atoms with E-state index in [1.165, 1.54) is 5.56 Å². The van der Waals surface area contributed by atoms with Gasteiger partial charge in [-0.15, -0.1) is 0 Å². The van der Waals surface area contributed by atoms with E-state index in [1.54, 1.807) is 0 Å². The van der Waals surface area contributed by atoms with Gasteiger partial charge in [0.25, 0.3) is 0 Å². The van der Waals surface area contributed by atoms with Gasteiger partial charge in [0.15, 0.2) is 0 Å². The number of aryl methyl sites for hydroxylation is 1. The van der Waals surface area contributed by atoms with Crippen LogP contribution < -0.4 is 10.6 Å². The smallest absolute Gasteiger partial charge is 0.226 e. The molecule has 122 valence electrons. The molecule has 0 aliphatic carbocycles. The van der Waals surface area contributed by atoms with Crippen molar-refractivity contribution >= 4 is 28.9 Å². The molecule has 2 aromatic carbocycles. The Labute approximate surface area is 143 Å². The molecule has 2 aromatic rings. The van der Waals surface area contributed by atoms with E-state index in [1.807, 2.05) is 49.4 Å². The third kappa shape index (κ3) is 5.29. The van der Waals surface area contributed by atoms with Crippen LogP contribution in [-0.2, 0) is 4.79 Å². The number of nitrogens with one attached hydrogen (secondary N) is 2. The van der Waals surface area contributed by atoms with Gasteiger partial charge >= 0.3 is 0 Å². The standard InChI is InChI=1S/C19H23ClN2O/c1-13(2)15-5-8-16(9-6-15)22-19(23)10-11-21-17-7-4-14(3)18(20)12-17/h4-9,12-13,21H,10-11H2,1-3H3,(H,22,23). The van der Waals surface area contributed by atoms with E-state index in [0.717, 1.165) is 22.0 Å². The van der Waals surface area contributed by atoms with Crippen LogP contribution in [-0.4, -0.2) is 12.5 Å². The molecule has 0 saturated carbocycles. The van der Waals surface area contributed by atoms with Gasteiger partial charge in [-0.25, -0.2) is 0 Å². The fraction of sp³-hybridized carbons (Fsp3) is 0.316. The number of rotatable bonds is 6. The first-order chi connectivity index (χ1) is 11.0. The predicted molar refractivity (Wildman–Crippen MR) is 98.5 cm³/mol. The average Bonchev–Trinajstić information content (AvgIpc) is 2.51. The fourth-order valence-corrected chi connectivity index (χ4v) is 2.38. The topological polar surface area (TPSA) is 41.1 Å². The molecule has 23 heavy (non-hydrogen) atoms. The minimum absolute atomic E-state index is 0.00648. The van der Waals surface area contributed by atoms with Gasteiger partial charge in [-0.1, -0.05) is 43.6 Å². The molecule has 0 bridgehead atoms. The second-order valence-electron chi connectivity index (χ2n) is 5.97. The van der Waals surface area contributed by atoms with Crippen LogP contribution >= 0.6 is 11.6 Å². The number of hydrogen-bond donors (Lipinski definition) is 2. The summed E-state index contributed by atoms with van der Waals surface area (Å²) < 4.78 is 0. The van der Waals surface area contributed by atoms with E-state index < -0.39 is 0 Å². The minimum atomic E-state index is -0.00648.